The molecule has 27 heavy (non-hydrogen) atoms. The Morgan fingerprint density at radius 3 is 2.59 bits per heavy atom. The molecule has 0 radical (unpaired) electrons. The molecule has 0 saturated carbocycles. The van der Waals surface area contributed by atoms with Crippen molar-refractivity contribution >= 4 is 11.8 Å². The number of Topliss-reactive ketones (excluding diaryl/α,β-unsaturated/α-hetero) is 1. The van der Waals surface area contributed by atoms with E-state index >= 15 is 0 Å². The molecular formula is C20H23N3O4. The van der Waals surface area contributed by atoms with Crippen LogP contribution in [0.2, 0.25) is 0 Å². The Labute approximate surface area is 158 Å². The van der Waals surface area contributed by atoms with E-state index in [0.29, 0.717) is 6.42 Å². The third-order valence-corrected chi connectivity index (χ3v) is 6.52. The van der Waals surface area contributed by atoms with Gasteiger partial charge >= 0.3 is 5.97 Å². The highest BCUT2D eigenvalue weighted by atomic mass is 16.5. The highest BCUT2D eigenvalue weighted by Crippen LogP contribution is 2.51. The summed E-state index contributed by atoms with van der Waals surface area (Å²) in [5.41, 5.74) is 0.933. The molecule has 3 aliphatic rings. The predicted molar refractivity (Wildman–Crippen MR) is 95.7 cm³/mol. The van der Waals surface area contributed by atoms with Gasteiger partial charge in [-0.05, 0) is 31.2 Å². The molecule has 1 aromatic rings. The van der Waals surface area contributed by atoms with E-state index in [9.17, 15) is 14.9 Å². The zero-order valence-corrected chi connectivity index (χ0v) is 15.6. The average Bonchev–Trinajstić information content (AvgIpc) is 3.20. The van der Waals surface area contributed by atoms with E-state index < -0.39 is 6.04 Å². The minimum Gasteiger partial charge on any atom is -0.497 e. The second-order valence-corrected chi connectivity index (χ2v) is 7.57. The summed E-state index contributed by atoms with van der Waals surface area (Å²) >= 11 is 0. The number of methoxy groups -OCH3 is 2. The quantitative estimate of drug-likeness (QED) is 0.792. The number of ketones is 1. The van der Waals surface area contributed by atoms with Crippen LogP contribution < -0.4 is 10.1 Å². The van der Waals surface area contributed by atoms with Crippen molar-refractivity contribution in [3.8, 4) is 11.8 Å². The van der Waals surface area contributed by atoms with Crippen LogP contribution in [0.5, 0.6) is 5.75 Å². The fraction of sp³-hybridized carbons (Fsp3) is 0.550. The molecule has 3 heterocycles. The van der Waals surface area contributed by atoms with Crippen LogP contribution in [0.1, 0.15) is 18.0 Å². The number of nitrogens with zero attached hydrogens (tertiary/aromatic N) is 2. The maximum atomic E-state index is 13.3. The molecular weight excluding hydrogens is 346 g/mol. The number of fused-ring (bicyclic) bond motifs is 4. The average molecular weight is 369 g/mol. The summed E-state index contributed by atoms with van der Waals surface area (Å²) in [5, 5.41) is 13.0. The molecule has 3 saturated heterocycles. The molecule has 7 atom stereocenters. The molecule has 0 amide bonds. The number of likely N-dealkylation sites (N-methyl/N-ethyl adjacent to an activating group) is 1. The van der Waals surface area contributed by atoms with Crippen LogP contribution in [-0.4, -0.2) is 56.0 Å². The Morgan fingerprint density at radius 2 is 2.00 bits per heavy atom. The number of nitrogens with one attached hydrogen (secondary N) is 1. The first kappa shape index (κ1) is 18.0. The number of hydrogen-bond donors (Lipinski definition) is 1. The topological polar surface area (TPSA) is 91.7 Å². The number of carbonyl (C=O) groups excluding carboxylic acids is 2. The fourth-order valence-electron chi connectivity index (χ4n) is 5.31. The van der Waals surface area contributed by atoms with Crippen LogP contribution in [0.3, 0.4) is 0 Å². The van der Waals surface area contributed by atoms with Crippen molar-refractivity contribution in [3.05, 3.63) is 29.8 Å². The van der Waals surface area contributed by atoms with Gasteiger partial charge in [-0.2, -0.15) is 5.26 Å². The highest BCUT2D eigenvalue weighted by Gasteiger charge is 2.63. The first-order chi connectivity index (χ1) is 13.0. The summed E-state index contributed by atoms with van der Waals surface area (Å²) in [6.45, 7) is 0. The lowest BCUT2D eigenvalue weighted by Crippen LogP contribution is -2.56. The molecule has 0 aliphatic carbocycles. The van der Waals surface area contributed by atoms with Gasteiger partial charge in [0, 0.05) is 23.9 Å². The molecule has 2 bridgehead atoms. The number of rotatable bonds is 3. The monoisotopic (exact) mass is 369 g/mol. The molecule has 0 spiro atoms. The third-order valence-electron chi connectivity index (χ3n) is 6.52. The minimum atomic E-state index is -0.613. The molecule has 1 N–H and O–H groups in total. The fourth-order valence-corrected chi connectivity index (χ4v) is 5.31. The van der Waals surface area contributed by atoms with Gasteiger partial charge in [-0.15, -0.1) is 0 Å². The van der Waals surface area contributed by atoms with E-state index in [-0.39, 0.29) is 47.6 Å². The molecule has 7 nitrogen and oxygen atoms in total. The summed E-state index contributed by atoms with van der Waals surface area (Å²) in [7, 11) is 4.84. The summed E-state index contributed by atoms with van der Waals surface area (Å²) < 4.78 is 10.2. The summed E-state index contributed by atoms with van der Waals surface area (Å²) in [6, 6.07) is 8.60. The molecule has 7 heteroatoms. The van der Waals surface area contributed by atoms with Gasteiger partial charge in [0.05, 0.1) is 32.2 Å². The van der Waals surface area contributed by atoms with Gasteiger partial charge in [-0.3, -0.25) is 19.8 Å². The number of hydrogen-bond acceptors (Lipinski definition) is 7. The summed E-state index contributed by atoms with van der Waals surface area (Å²) in [5.74, 6) is -0.447. The van der Waals surface area contributed by atoms with Gasteiger partial charge in [0.1, 0.15) is 11.8 Å². The summed E-state index contributed by atoms with van der Waals surface area (Å²) in [4.78, 5) is 27.8. The largest absolute Gasteiger partial charge is 0.497 e. The Morgan fingerprint density at radius 1 is 1.30 bits per heavy atom. The van der Waals surface area contributed by atoms with Crippen LogP contribution >= 0.6 is 0 Å². The van der Waals surface area contributed by atoms with Gasteiger partial charge in [0.2, 0.25) is 0 Å². The highest BCUT2D eigenvalue weighted by molar-refractivity contribution is 5.91. The standard InChI is InChI=1S/C20H23N3O4/c1-23-13-8-11(9-21)18(23)14-15(19(13)24)16(22-17(14)20(25)27-3)10-4-6-12(26-2)7-5-10/h4-7,11,13-18,22H,8H2,1-3H3/t11-,13+,14+,15-,16+,17+,18+/m0/s1. The van der Waals surface area contributed by atoms with Crippen LogP contribution in [0.15, 0.2) is 24.3 Å². The Hall–Kier alpha value is -2.43. The maximum absolute atomic E-state index is 13.3. The molecule has 0 aromatic heterocycles. The van der Waals surface area contributed by atoms with Crippen LogP contribution in [-0.2, 0) is 14.3 Å². The first-order valence-corrected chi connectivity index (χ1v) is 9.15. The smallest absolute Gasteiger partial charge is 0.323 e. The normalized spacial score (nSPS) is 37.6. The van der Waals surface area contributed by atoms with Crippen molar-refractivity contribution in [2.24, 2.45) is 17.8 Å². The Kier molecular flexibility index (Phi) is 4.41. The van der Waals surface area contributed by atoms with Crippen molar-refractivity contribution < 1.29 is 19.1 Å². The van der Waals surface area contributed by atoms with Crippen molar-refractivity contribution in [1.29, 1.82) is 5.26 Å². The van der Waals surface area contributed by atoms with E-state index in [2.05, 4.69) is 11.4 Å². The molecule has 0 unspecified atom stereocenters. The predicted octanol–water partition coefficient (Wildman–Crippen LogP) is 0.909. The van der Waals surface area contributed by atoms with Gasteiger partial charge in [0.25, 0.3) is 0 Å². The van der Waals surface area contributed by atoms with Gasteiger partial charge < -0.3 is 9.47 Å². The zero-order valence-electron chi connectivity index (χ0n) is 15.6. The summed E-state index contributed by atoms with van der Waals surface area (Å²) in [6.07, 6.45) is 0.534. The van der Waals surface area contributed by atoms with Crippen LogP contribution in [0, 0.1) is 29.1 Å². The minimum absolute atomic E-state index is 0.108. The van der Waals surface area contributed by atoms with Gasteiger partial charge in [-0.1, -0.05) is 12.1 Å². The molecule has 4 rings (SSSR count). The molecule has 3 aliphatic heterocycles. The number of benzene rings is 1. The number of piperidine rings is 1. The molecule has 1 aromatic carbocycles. The maximum Gasteiger partial charge on any atom is 0.323 e. The van der Waals surface area contributed by atoms with Crippen molar-refractivity contribution in [2.75, 3.05) is 21.3 Å². The molecule has 142 valence electrons. The second-order valence-electron chi connectivity index (χ2n) is 7.57. The number of esters is 1. The molecule has 3 fully saturated rings. The number of ether oxygens (including phenoxy) is 2. The lowest BCUT2D eigenvalue weighted by molar-refractivity contribution is -0.146. The van der Waals surface area contributed by atoms with E-state index in [0.717, 1.165) is 11.3 Å². The van der Waals surface area contributed by atoms with E-state index in [1.807, 2.05) is 36.2 Å². The van der Waals surface area contributed by atoms with Crippen LogP contribution in [0.25, 0.3) is 0 Å². The lowest BCUT2D eigenvalue weighted by atomic mass is 9.73. The number of carbonyl (C=O) groups is 2. The first-order valence-electron chi connectivity index (χ1n) is 9.15. The Bertz CT molecular complexity index is 802. The van der Waals surface area contributed by atoms with Crippen molar-refractivity contribution in [3.63, 3.8) is 0 Å². The van der Waals surface area contributed by atoms with E-state index in [4.69, 9.17) is 9.47 Å². The SMILES string of the molecule is COC(=O)[C@@H]1N[C@H](c2ccc(OC)cc2)[C@H]2C(=O)[C@H]3C[C@@H](C#N)[C@H]([C@H]21)N3C. The number of nitriles is 1. The Balaban J connectivity index is 1.77. The van der Waals surface area contributed by atoms with Crippen molar-refractivity contribution in [2.45, 2.75) is 30.6 Å². The van der Waals surface area contributed by atoms with Gasteiger partial charge in [-0.25, -0.2) is 0 Å². The van der Waals surface area contributed by atoms with Gasteiger partial charge in [0.15, 0.2) is 5.78 Å². The zero-order chi connectivity index (χ0) is 19.3. The second kappa shape index (κ2) is 6.63. The van der Waals surface area contributed by atoms with E-state index in [1.54, 1.807) is 7.11 Å². The van der Waals surface area contributed by atoms with Crippen LogP contribution in [0.4, 0.5) is 0 Å². The third kappa shape index (κ3) is 2.55. The van der Waals surface area contributed by atoms with E-state index in [1.165, 1.54) is 7.11 Å². The lowest BCUT2D eigenvalue weighted by Gasteiger charge is -2.41. The van der Waals surface area contributed by atoms with Crippen molar-refractivity contribution in [1.82, 2.24) is 10.2 Å².